The molecule has 4 aliphatic heterocycles. The molecular formula is C40H38Cl2F2N6O6. The number of hydrogen-bond acceptors (Lipinski definition) is 6. The Balaban J connectivity index is 0.920. The van der Waals surface area contributed by atoms with Crippen molar-refractivity contribution < 1.29 is 27.8 Å². The van der Waals surface area contributed by atoms with Crippen LogP contribution in [0.4, 0.5) is 20.2 Å². The van der Waals surface area contributed by atoms with Gasteiger partial charge < -0.3 is 14.8 Å². The molecule has 2 aromatic heterocycles. The lowest BCUT2D eigenvalue weighted by Crippen LogP contribution is -2.47. The molecule has 0 spiro atoms. The second kappa shape index (κ2) is 14.2. The molecule has 6 heterocycles. The van der Waals surface area contributed by atoms with Crippen LogP contribution in [0.1, 0.15) is 51.9 Å². The predicted octanol–water partition coefficient (Wildman–Crippen LogP) is 6.30. The smallest absolute Gasteiger partial charge is 0.276 e. The van der Waals surface area contributed by atoms with Crippen LogP contribution in [0, 0.1) is 41.2 Å². The highest BCUT2D eigenvalue weighted by Gasteiger charge is 2.51. The Kier molecular flexibility index (Phi) is 9.28. The van der Waals surface area contributed by atoms with E-state index in [2.05, 4.69) is 17.2 Å². The average Bonchev–Trinajstić information content (AvgIpc) is 3.93. The Morgan fingerprint density at radius 3 is 2.16 bits per heavy atom. The summed E-state index contributed by atoms with van der Waals surface area (Å²) >= 11 is 13.5. The zero-order chi connectivity index (χ0) is 39.0. The first-order valence-corrected chi connectivity index (χ1v) is 19.8. The molecule has 0 bridgehead atoms. The van der Waals surface area contributed by atoms with Crippen molar-refractivity contribution in [1.29, 1.82) is 0 Å². The largest absolute Gasteiger partial charge is 0.481 e. The molecule has 1 N–H and O–H groups in total. The van der Waals surface area contributed by atoms with Crippen molar-refractivity contribution in [2.24, 2.45) is 17.8 Å². The Labute approximate surface area is 329 Å². The van der Waals surface area contributed by atoms with Crippen LogP contribution in [0.5, 0.6) is 11.5 Å². The minimum atomic E-state index is -0.836. The molecule has 5 aliphatic rings. The van der Waals surface area contributed by atoms with Crippen molar-refractivity contribution in [2.75, 3.05) is 23.4 Å². The van der Waals surface area contributed by atoms with E-state index in [9.17, 15) is 19.2 Å². The number of nitrogens with zero attached hydrogens (tertiary/aromatic N) is 5. The van der Waals surface area contributed by atoms with Gasteiger partial charge in [-0.1, -0.05) is 29.1 Å². The van der Waals surface area contributed by atoms with Gasteiger partial charge in [0, 0.05) is 55.4 Å². The van der Waals surface area contributed by atoms with Gasteiger partial charge in [-0.05, 0) is 75.8 Å². The lowest BCUT2D eigenvalue weighted by Gasteiger charge is -2.34. The maximum atomic E-state index is 16.0. The first-order chi connectivity index (χ1) is 27.0. The van der Waals surface area contributed by atoms with Crippen LogP contribution in [0.3, 0.4) is 0 Å². The molecule has 4 aromatic rings. The number of ether oxygens (including phenoxy) is 2. The molecule has 12 nitrogen and oxygen atoms in total. The molecule has 2 aromatic carbocycles. The third kappa shape index (κ3) is 6.10. The lowest BCUT2D eigenvalue weighted by atomic mass is 9.93. The molecule has 2 amide bonds. The summed E-state index contributed by atoms with van der Waals surface area (Å²) in [5.74, 6) is 4.47. The number of halogens is 4. The number of benzene rings is 2. The second-order valence-corrected chi connectivity index (χ2v) is 15.9. The van der Waals surface area contributed by atoms with Crippen molar-refractivity contribution in [2.45, 2.75) is 84.2 Å². The van der Waals surface area contributed by atoms with Crippen LogP contribution in [-0.2, 0) is 35.8 Å². The van der Waals surface area contributed by atoms with E-state index >= 15 is 8.78 Å². The van der Waals surface area contributed by atoms with E-state index in [4.69, 9.17) is 32.7 Å². The van der Waals surface area contributed by atoms with Gasteiger partial charge >= 0.3 is 0 Å². The molecule has 292 valence electrons. The van der Waals surface area contributed by atoms with Crippen LogP contribution < -0.4 is 30.8 Å². The predicted molar refractivity (Wildman–Crippen MR) is 205 cm³/mol. The van der Waals surface area contributed by atoms with Crippen LogP contribution in [0.25, 0.3) is 22.3 Å². The summed E-state index contributed by atoms with van der Waals surface area (Å²) in [4.78, 5) is 54.7. The number of hydrogen-bond donors (Lipinski definition) is 1. The van der Waals surface area contributed by atoms with Crippen LogP contribution in [0.2, 0.25) is 10.3 Å². The summed E-state index contributed by atoms with van der Waals surface area (Å²) in [7, 11) is 0. The molecule has 1 aliphatic carbocycles. The molecule has 16 heteroatoms. The fraction of sp³-hybridized carbons (Fsp3) is 0.450. The quantitative estimate of drug-likeness (QED) is 0.229. The molecule has 0 saturated heterocycles. The van der Waals surface area contributed by atoms with Gasteiger partial charge in [-0.15, -0.1) is 5.92 Å². The summed E-state index contributed by atoms with van der Waals surface area (Å²) < 4.78 is 49.4. The maximum absolute atomic E-state index is 16.0. The third-order valence-corrected chi connectivity index (χ3v) is 12.6. The summed E-state index contributed by atoms with van der Waals surface area (Å²) in [5.41, 5.74) is -0.0876. The van der Waals surface area contributed by atoms with Crippen molar-refractivity contribution in [3.05, 3.63) is 66.9 Å². The van der Waals surface area contributed by atoms with Gasteiger partial charge in [0.2, 0.25) is 0 Å². The summed E-state index contributed by atoms with van der Waals surface area (Å²) in [6, 6.07) is 5.25. The second-order valence-electron chi connectivity index (χ2n) is 15.2. The number of nitrogens with one attached hydrogen (secondary N) is 1. The summed E-state index contributed by atoms with van der Waals surface area (Å²) in [6.45, 7) is 3.37. The normalized spacial score (nSPS) is 22.6. The van der Waals surface area contributed by atoms with E-state index < -0.39 is 23.3 Å². The first kappa shape index (κ1) is 36.6. The number of anilines is 2. The highest BCUT2D eigenvalue weighted by atomic mass is 35.5. The molecule has 0 radical (unpaired) electrons. The lowest BCUT2D eigenvalue weighted by molar-refractivity contribution is -0.127. The fourth-order valence-electron chi connectivity index (χ4n) is 8.87. The Hall–Kier alpha value is -5.00. The Morgan fingerprint density at radius 1 is 0.821 bits per heavy atom. The van der Waals surface area contributed by atoms with E-state index in [1.165, 1.54) is 23.1 Å². The molecule has 1 saturated carbocycles. The van der Waals surface area contributed by atoms with Crippen molar-refractivity contribution >= 4 is 46.4 Å². The van der Waals surface area contributed by atoms with Crippen molar-refractivity contribution in [1.82, 2.24) is 18.7 Å². The van der Waals surface area contributed by atoms with E-state index in [-0.39, 0.29) is 98.0 Å². The summed E-state index contributed by atoms with van der Waals surface area (Å²) in [5, 5.41) is 2.94. The van der Waals surface area contributed by atoms with Gasteiger partial charge in [-0.3, -0.25) is 33.4 Å². The van der Waals surface area contributed by atoms with E-state index in [1.807, 2.05) is 0 Å². The number of amides is 2. The van der Waals surface area contributed by atoms with Crippen LogP contribution in [-0.4, -0.2) is 49.8 Å². The van der Waals surface area contributed by atoms with Crippen LogP contribution in [0.15, 0.2) is 33.9 Å². The highest BCUT2D eigenvalue weighted by Crippen LogP contribution is 2.51. The fourth-order valence-corrected chi connectivity index (χ4v) is 9.59. The molecule has 1 fully saturated rings. The first-order valence-electron chi connectivity index (χ1n) is 19.0. The number of rotatable bonds is 6. The van der Waals surface area contributed by atoms with Gasteiger partial charge in [0.25, 0.3) is 22.9 Å². The zero-order valence-corrected chi connectivity index (χ0v) is 32.0. The zero-order valence-electron chi connectivity index (χ0n) is 30.5. The number of fused-ring (bicyclic) bond motifs is 4. The van der Waals surface area contributed by atoms with Gasteiger partial charge in [0.15, 0.2) is 12.7 Å². The maximum Gasteiger partial charge on any atom is 0.276 e. The Bertz CT molecular complexity index is 2510. The van der Waals surface area contributed by atoms with Gasteiger partial charge in [-0.2, -0.15) is 0 Å². The SMILES string of the molecule is CC#CCN1C(=O)C([C@H]2CC2CC2CCn3c(Cl)c(-c4cc5c(cc4F)OCC(=O)N5)c(=O)n3CC2)Oc2cc(F)c(-c3c(Cl)n4n(c3=O)CCCCC4)cc21. The molecule has 3 unspecified atom stereocenters. The third-order valence-electron chi connectivity index (χ3n) is 11.8. The molecule has 9 rings (SSSR count). The number of carbonyl (C=O) groups is 2. The van der Waals surface area contributed by atoms with E-state index in [0.717, 1.165) is 38.2 Å². The van der Waals surface area contributed by atoms with Gasteiger partial charge in [0.05, 0.1) is 29.0 Å². The highest BCUT2D eigenvalue weighted by molar-refractivity contribution is 6.32. The van der Waals surface area contributed by atoms with Crippen molar-refractivity contribution in [3.63, 3.8) is 0 Å². The minimum Gasteiger partial charge on any atom is -0.481 e. The number of carbonyl (C=O) groups excluding carboxylic acids is 2. The van der Waals surface area contributed by atoms with Gasteiger partial charge in [-0.25, -0.2) is 18.1 Å². The van der Waals surface area contributed by atoms with E-state index in [0.29, 0.717) is 44.7 Å². The standard InChI is InChI=1S/C40H38Cl2F2N6O6/c1-2-3-9-46-29-17-25(34-36(41)47-10-5-4-6-11-49(47)38(34)52)27(44)19-31(29)56-35(40(46)54)23-15-22(23)14-21-7-12-48-37(42)33(39(53)50(48)13-8-21)24-16-28-30(18-26(24)43)55-20-32(51)45-28/h16-19,21-23,35H,4-15,20H2,1H3,(H,45,51)/t21?,22?,23-,35?/m0/s1. The molecular weight excluding hydrogens is 769 g/mol. The van der Waals surface area contributed by atoms with Gasteiger partial charge in [0.1, 0.15) is 33.4 Å². The van der Waals surface area contributed by atoms with E-state index in [1.54, 1.807) is 25.7 Å². The Morgan fingerprint density at radius 2 is 1.45 bits per heavy atom. The van der Waals surface area contributed by atoms with Crippen LogP contribution >= 0.6 is 23.2 Å². The molecule has 56 heavy (non-hydrogen) atoms. The topological polar surface area (TPSA) is 122 Å². The summed E-state index contributed by atoms with van der Waals surface area (Å²) in [6.07, 6.45) is 4.72. The minimum absolute atomic E-state index is 0.0132. The average molecular weight is 808 g/mol. The monoisotopic (exact) mass is 806 g/mol. The van der Waals surface area contributed by atoms with Crippen molar-refractivity contribution in [3.8, 4) is 45.6 Å². The number of aromatic nitrogens is 4. The molecule has 4 atom stereocenters.